The minimum absolute atomic E-state index is 0.0224. The van der Waals surface area contributed by atoms with Crippen LogP contribution in [0.15, 0.2) is 24.3 Å². The number of hydrogen-bond acceptors (Lipinski definition) is 2. The lowest BCUT2D eigenvalue weighted by Crippen LogP contribution is -2.34. The molecule has 0 saturated carbocycles. The van der Waals surface area contributed by atoms with Crippen molar-refractivity contribution in [2.75, 3.05) is 6.54 Å². The summed E-state index contributed by atoms with van der Waals surface area (Å²) >= 11 is 0. The molecule has 1 N–H and O–H groups in total. The summed E-state index contributed by atoms with van der Waals surface area (Å²) in [6, 6.07) is 1.79. The van der Waals surface area contributed by atoms with Crippen molar-refractivity contribution in [3.63, 3.8) is 0 Å². The minimum atomic E-state index is -4.94. The van der Waals surface area contributed by atoms with Gasteiger partial charge < -0.3 is 10.1 Å². The molecule has 108 valence electrons. The molecular formula is C11H11F6NO. The van der Waals surface area contributed by atoms with Crippen LogP contribution in [0.2, 0.25) is 0 Å². The van der Waals surface area contributed by atoms with Crippen molar-refractivity contribution in [3.8, 4) is 5.75 Å². The lowest BCUT2D eigenvalue weighted by atomic mass is 10.1. The van der Waals surface area contributed by atoms with Crippen LogP contribution in [0.1, 0.15) is 18.5 Å². The van der Waals surface area contributed by atoms with Crippen molar-refractivity contribution in [2.45, 2.75) is 25.5 Å². The Morgan fingerprint density at radius 1 is 1.16 bits per heavy atom. The number of ether oxygens (including phenoxy) is 1. The smallest absolute Gasteiger partial charge is 0.406 e. The predicted octanol–water partition coefficient (Wildman–Crippen LogP) is 3.80. The second-order valence-electron chi connectivity index (χ2n) is 3.65. The van der Waals surface area contributed by atoms with Crippen LogP contribution in [0.5, 0.6) is 5.75 Å². The summed E-state index contributed by atoms with van der Waals surface area (Å²) < 4.78 is 77.8. The zero-order chi connectivity index (χ0) is 14.7. The van der Waals surface area contributed by atoms with Crippen LogP contribution < -0.4 is 10.1 Å². The van der Waals surface area contributed by atoms with E-state index < -0.39 is 24.3 Å². The van der Waals surface area contributed by atoms with Gasteiger partial charge in [-0.05, 0) is 24.2 Å². The summed E-state index contributed by atoms with van der Waals surface area (Å²) in [5.74, 6) is -0.683. The minimum Gasteiger partial charge on any atom is -0.406 e. The van der Waals surface area contributed by atoms with Crippen LogP contribution in [-0.2, 0) is 0 Å². The van der Waals surface area contributed by atoms with E-state index in [0.29, 0.717) is 6.07 Å². The van der Waals surface area contributed by atoms with E-state index in [4.69, 9.17) is 0 Å². The summed E-state index contributed by atoms with van der Waals surface area (Å²) in [5.41, 5.74) is -0.337. The molecule has 1 atom stereocenters. The lowest BCUT2D eigenvalue weighted by molar-refractivity contribution is -0.274. The summed E-state index contributed by atoms with van der Waals surface area (Å²) in [6.07, 6.45) is -9.54. The average molecular weight is 287 g/mol. The van der Waals surface area contributed by atoms with Gasteiger partial charge in [0.2, 0.25) is 0 Å². The first-order valence-corrected chi connectivity index (χ1v) is 5.29. The third kappa shape index (κ3) is 4.98. The number of halogens is 6. The summed E-state index contributed by atoms with van der Waals surface area (Å²) in [6.45, 7) is 1.49. The van der Waals surface area contributed by atoms with E-state index in [0.717, 1.165) is 18.2 Å². The van der Waals surface area contributed by atoms with E-state index in [1.54, 1.807) is 0 Å². The molecule has 1 rings (SSSR count). The second kappa shape index (κ2) is 5.68. The topological polar surface area (TPSA) is 21.3 Å². The molecule has 0 bridgehead atoms. The molecule has 0 fully saturated rings. The molecule has 0 radical (unpaired) electrons. The number of nitrogens with one attached hydrogen (secondary N) is 1. The molecule has 0 aliphatic carbocycles. The Morgan fingerprint density at radius 2 is 1.79 bits per heavy atom. The van der Waals surface area contributed by atoms with Gasteiger partial charge in [-0.25, -0.2) is 0 Å². The van der Waals surface area contributed by atoms with Gasteiger partial charge in [0.05, 0.1) is 0 Å². The van der Waals surface area contributed by atoms with E-state index in [1.807, 2.05) is 0 Å². The van der Waals surface area contributed by atoms with Gasteiger partial charge in [-0.1, -0.05) is 19.1 Å². The third-order valence-electron chi connectivity index (χ3n) is 2.16. The predicted molar refractivity (Wildman–Crippen MR) is 55.6 cm³/mol. The number of alkyl halides is 6. The van der Waals surface area contributed by atoms with Gasteiger partial charge in [0.15, 0.2) is 0 Å². The van der Waals surface area contributed by atoms with E-state index >= 15 is 0 Å². The molecule has 1 aromatic rings. The second-order valence-corrected chi connectivity index (χ2v) is 3.65. The SMILES string of the molecule is CCNC(c1cccc(OC(F)(F)F)c1)C(F)(F)F. The van der Waals surface area contributed by atoms with Crippen LogP contribution in [-0.4, -0.2) is 19.1 Å². The van der Waals surface area contributed by atoms with Gasteiger partial charge in [0.1, 0.15) is 11.8 Å². The molecule has 1 unspecified atom stereocenters. The van der Waals surface area contributed by atoms with E-state index in [2.05, 4.69) is 10.1 Å². The Bertz CT molecular complexity index is 414. The third-order valence-corrected chi connectivity index (χ3v) is 2.16. The zero-order valence-electron chi connectivity index (χ0n) is 9.77. The number of benzene rings is 1. The van der Waals surface area contributed by atoms with Gasteiger partial charge in [-0.3, -0.25) is 0 Å². The monoisotopic (exact) mass is 287 g/mol. The van der Waals surface area contributed by atoms with Crippen LogP contribution >= 0.6 is 0 Å². The highest BCUT2D eigenvalue weighted by atomic mass is 19.4. The molecule has 0 saturated heterocycles. The Labute approximate surface area is 105 Å². The fraction of sp³-hybridized carbons (Fsp3) is 0.455. The van der Waals surface area contributed by atoms with Gasteiger partial charge in [0.25, 0.3) is 0 Å². The highest BCUT2D eigenvalue weighted by Crippen LogP contribution is 2.34. The van der Waals surface area contributed by atoms with Gasteiger partial charge in [-0.2, -0.15) is 13.2 Å². The molecule has 2 nitrogen and oxygen atoms in total. The van der Waals surface area contributed by atoms with Crippen molar-refractivity contribution < 1.29 is 31.1 Å². The first-order chi connectivity index (χ1) is 8.63. The molecule has 19 heavy (non-hydrogen) atoms. The number of hydrogen-bond donors (Lipinski definition) is 1. The van der Waals surface area contributed by atoms with Crippen molar-refractivity contribution in [1.82, 2.24) is 5.32 Å². The summed E-state index contributed by atoms with van der Waals surface area (Å²) in [5, 5.41) is 2.17. The molecule has 0 spiro atoms. The number of rotatable bonds is 4. The van der Waals surface area contributed by atoms with Gasteiger partial charge in [-0.15, -0.1) is 13.2 Å². The molecule has 8 heteroatoms. The van der Waals surface area contributed by atoms with Crippen LogP contribution in [0.25, 0.3) is 0 Å². The fourth-order valence-electron chi connectivity index (χ4n) is 1.52. The fourth-order valence-corrected chi connectivity index (χ4v) is 1.52. The first kappa shape index (κ1) is 15.6. The molecule has 0 aliphatic heterocycles. The normalized spacial score (nSPS) is 14.3. The van der Waals surface area contributed by atoms with E-state index in [1.165, 1.54) is 6.92 Å². The van der Waals surface area contributed by atoms with Gasteiger partial charge >= 0.3 is 12.5 Å². The Hall–Kier alpha value is -1.44. The molecule has 0 aliphatic rings. The summed E-state index contributed by atoms with van der Waals surface area (Å²) in [4.78, 5) is 0. The van der Waals surface area contributed by atoms with Crippen LogP contribution in [0.3, 0.4) is 0 Å². The quantitative estimate of drug-likeness (QED) is 0.850. The Kier molecular flexibility index (Phi) is 4.67. The van der Waals surface area contributed by atoms with E-state index in [9.17, 15) is 26.3 Å². The zero-order valence-corrected chi connectivity index (χ0v) is 9.77. The molecule has 0 aromatic heterocycles. The first-order valence-electron chi connectivity index (χ1n) is 5.29. The lowest BCUT2D eigenvalue weighted by Gasteiger charge is -2.22. The van der Waals surface area contributed by atoms with E-state index in [-0.39, 0.29) is 12.1 Å². The Balaban J connectivity index is 3.02. The van der Waals surface area contributed by atoms with Crippen molar-refractivity contribution in [1.29, 1.82) is 0 Å². The van der Waals surface area contributed by atoms with Crippen LogP contribution in [0.4, 0.5) is 26.3 Å². The van der Waals surface area contributed by atoms with Gasteiger partial charge in [0, 0.05) is 0 Å². The highest BCUT2D eigenvalue weighted by molar-refractivity contribution is 5.31. The molecular weight excluding hydrogens is 276 g/mol. The standard InChI is InChI=1S/C11H11F6NO/c1-2-18-9(10(12,13)14)7-4-3-5-8(6-7)19-11(15,16)17/h3-6,9,18H,2H2,1H3. The summed E-state index contributed by atoms with van der Waals surface area (Å²) in [7, 11) is 0. The maximum Gasteiger partial charge on any atom is 0.573 e. The Morgan fingerprint density at radius 3 is 2.26 bits per heavy atom. The maximum atomic E-state index is 12.7. The van der Waals surface area contributed by atoms with Crippen LogP contribution in [0, 0.1) is 0 Å². The molecule has 0 amide bonds. The van der Waals surface area contributed by atoms with Crippen molar-refractivity contribution >= 4 is 0 Å². The van der Waals surface area contributed by atoms with Crippen molar-refractivity contribution in [2.24, 2.45) is 0 Å². The maximum absolute atomic E-state index is 12.7. The average Bonchev–Trinajstić information content (AvgIpc) is 2.22. The van der Waals surface area contributed by atoms with Crippen molar-refractivity contribution in [3.05, 3.63) is 29.8 Å². The largest absolute Gasteiger partial charge is 0.573 e. The molecule has 1 aromatic carbocycles. The highest BCUT2D eigenvalue weighted by Gasteiger charge is 2.40. The molecule has 0 heterocycles.